The summed E-state index contributed by atoms with van der Waals surface area (Å²) in [7, 11) is 3.80. The van der Waals surface area contributed by atoms with Crippen LogP contribution in [0.5, 0.6) is 0 Å². The third-order valence-corrected chi connectivity index (χ3v) is 8.98. The highest BCUT2D eigenvalue weighted by atomic mass is 32.1. The second-order valence-electron chi connectivity index (χ2n) is 11.1. The molecule has 40 heavy (non-hydrogen) atoms. The number of nitrogens with zero attached hydrogens (tertiary/aromatic N) is 3. The van der Waals surface area contributed by atoms with Gasteiger partial charge in [-0.25, -0.2) is 4.98 Å². The summed E-state index contributed by atoms with van der Waals surface area (Å²) < 4.78 is 0. The van der Waals surface area contributed by atoms with Crippen molar-refractivity contribution in [2.75, 3.05) is 32.1 Å². The van der Waals surface area contributed by atoms with Gasteiger partial charge in [0.1, 0.15) is 5.01 Å². The second-order valence-corrected chi connectivity index (χ2v) is 12.0. The molecule has 9 heteroatoms. The number of nitrogens with one attached hydrogen (secondary N) is 2. The molecule has 0 spiro atoms. The first-order valence-corrected chi connectivity index (χ1v) is 15.0. The van der Waals surface area contributed by atoms with Crippen molar-refractivity contribution < 1.29 is 14.7 Å². The Hall–Kier alpha value is -3.27. The molecule has 2 aromatic carbocycles. The van der Waals surface area contributed by atoms with Gasteiger partial charge < -0.3 is 25.5 Å². The van der Waals surface area contributed by atoms with E-state index in [1.807, 2.05) is 72.6 Å². The van der Waals surface area contributed by atoms with E-state index >= 15 is 0 Å². The monoisotopic (exact) mass is 561 g/mol. The van der Waals surface area contributed by atoms with Crippen molar-refractivity contribution in [1.29, 1.82) is 0 Å². The molecule has 2 aliphatic heterocycles. The van der Waals surface area contributed by atoms with Crippen molar-refractivity contribution in [2.24, 2.45) is 0 Å². The van der Waals surface area contributed by atoms with Crippen LogP contribution >= 0.6 is 11.3 Å². The molecule has 4 unspecified atom stereocenters. The Balaban J connectivity index is 1.41. The molecule has 2 fully saturated rings. The highest BCUT2D eigenvalue weighted by Gasteiger charge is 2.34. The minimum atomic E-state index is -0.739. The summed E-state index contributed by atoms with van der Waals surface area (Å²) in [6.45, 7) is 3.50. The number of carbonyl (C=O) groups excluding carboxylic acids is 2. The van der Waals surface area contributed by atoms with Crippen molar-refractivity contribution in [3.05, 3.63) is 81.3 Å². The molecule has 3 N–H and O–H groups in total. The SMILES string of the molecule is Cc1csc(C2CCCN2C(=O)c2cc(C(=O)NC(Cc3ccccc3)C(O)C3CCCN3)cc(N(C)C)c2)n1. The average molecular weight is 562 g/mol. The Morgan fingerprint density at radius 1 is 1.15 bits per heavy atom. The summed E-state index contributed by atoms with van der Waals surface area (Å²) in [6.07, 6.45) is 3.44. The number of hydrogen-bond donors (Lipinski definition) is 3. The smallest absolute Gasteiger partial charge is 0.254 e. The Morgan fingerprint density at radius 2 is 1.93 bits per heavy atom. The lowest BCUT2D eigenvalue weighted by Crippen LogP contribution is -2.52. The molecule has 2 saturated heterocycles. The second kappa shape index (κ2) is 12.5. The third kappa shape index (κ3) is 6.37. The molecule has 8 nitrogen and oxygen atoms in total. The lowest BCUT2D eigenvalue weighted by atomic mass is 9.95. The number of benzene rings is 2. The van der Waals surface area contributed by atoms with E-state index in [4.69, 9.17) is 0 Å². The number of anilines is 1. The van der Waals surface area contributed by atoms with E-state index in [9.17, 15) is 14.7 Å². The minimum absolute atomic E-state index is 0.0456. The molecule has 212 valence electrons. The van der Waals surface area contributed by atoms with Crippen LogP contribution in [-0.2, 0) is 6.42 Å². The van der Waals surface area contributed by atoms with Gasteiger partial charge in [-0.05, 0) is 69.3 Å². The van der Waals surface area contributed by atoms with Gasteiger partial charge >= 0.3 is 0 Å². The first-order valence-electron chi connectivity index (χ1n) is 14.1. The molecule has 2 aliphatic rings. The van der Waals surface area contributed by atoms with Crippen LogP contribution in [0.3, 0.4) is 0 Å². The fraction of sp³-hybridized carbons (Fsp3) is 0.452. The van der Waals surface area contributed by atoms with Crippen LogP contribution in [0, 0.1) is 6.92 Å². The van der Waals surface area contributed by atoms with Gasteiger partial charge in [-0.2, -0.15) is 0 Å². The van der Waals surface area contributed by atoms with Crippen LogP contribution < -0.4 is 15.5 Å². The van der Waals surface area contributed by atoms with Gasteiger partial charge in [-0.15, -0.1) is 11.3 Å². The Labute approximate surface area is 240 Å². The fourth-order valence-electron chi connectivity index (χ4n) is 5.74. The van der Waals surface area contributed by atoms with E-state index in [2.05, 4.69) is 15.6 Å². The van der Waals surface area contributed by atoms with Crippen molar-refractivity contribution in [1.82, 2.24) is 20.5 Å². The van der Waals surface area contributed by atoms with Gasteiger partial charge in [0.15, 0.2) is 0 Å². The molecular formula is C31H39N5O3S. The average Bonchev–Trinajstić information content (AvgIpc) is 3.74. The number of aryl methyl sites for hydroxylation is 1. The van der Waals surface area contributed by atoms with Crippen molar-refractivity contribution >= 4 is 28.8 Å². The molecular weight excluding hydrogens is 522 g/mol. The molecule has 3 aromatic rings. The predicted octanol–water partition coefficient (Wildman–Crippen LogP) is 3.95. The third-order valence-electron chi connectivity index (χ3n) is 7.92. The molecule has 5 rings (SSSR count). The summed E-state index contributed by atoms with van der Waals surface area (Å²) in [6, 6.07) is 14.6. The van der Waals surface area contributed by atoms with Crippen LogP contribution in [0.15, 0.2) is 53.9 Å². The molecule has 0 aliphatic carbocycles. The Bertz CT molecular complexity index is 1320. The van der Waals surface area contributed by atoms with E-state index in [0.29, 0.717) is 24.1 Å². The fourth-order valence-corrected chi connectivity index (χ4v) is 6.68. The van der Waals surface area contributed by atoms with Crippen LogP contribution in [0.1, 0.15) is 68.7 Å². The number of amides is 2. The van der Waals surface area contributed by atoms with E-state index in [-0.39, 0.29) is 23.9 Å². The van der Waals surface area contributed by atoms with Crippen molar-refractivity contribution in [3.63, 3.8) is 0 Å². The minimum Gasteiger partial charge on any atom is -0.389 e. The number of aromatic nitrogens is 1. The van der Waals surface area contributed by atoms with Gasteiger partial charge in [-0.3, -0.25) is 9.59 Å². The van der Waals surface area contributed by atoms with Gasteiger partial charge in [0.05, 0.1) is 18.2 Å². The van der Waals surface area contributed by atoms with Gasteiger partial charge in [0, 0.05) is 54.6 Å². The van der Waals surface area contributed by atoms with Crippen LogP contribution in [0.25, 0.3) is 0 Å². The summed E-state index contributed by atoms with van der Waals surface area (Å²) in [5.74, 6) is -0.395. The van der Waals surface area contributed by atoms with Crippen molar-refractivity contribution in [3.8, 4) is 0 Å². The zero-order chi connectivity index (χ0) is 28.2. The normalized spacial score (nSPS) is 20.4. The topological polar surface area (TPSA) is 97.8 Å². The summed E-state index contributed by atoms with van der Waals surface area (Å²) in [4.78, 5) is 36.0. The lowest BCUT2D eigenvalue weighted by molar-refractivity contribution is 0.0733. The van der Waals surface area contributed by atoms with E-state index < -0.39 is 12.1 Å². The Morgan fingerprint density at radius 3 is 2.60 bits per heavy atom. The number of carbonyl (C=O) groups is 2. The van der Waals surface area contributed by atoms with Crippen LogP contribution in [0.2, 0.25) is 0 Å². The maximum Gasteiger partial charge on any atom is 0.254 e. The zero-order valence-corrected chi connectivity index (χ0v) is 24.3. The molecule has 2 amide bonds. The number of aliphatic hydroxyl groups excluding tert-OH is 1. The van der Waals surface area contributed by atoms with Crippen LogP contribution in [-0.4, -0.2) is 72.2 Å². The van der Waals surface area contributed by atoms with E-state index in [0.717, 1.165) is 54.2 Å². The zero-order valence-electron chi connectivity index (χ0n) is 23.5. The van der Waals surface area contributed by atoms with Crippen molar-refractivity contribution in [2.45, 2.75) is 63.3 Å². The molecule has 3 heterocycles. The van der Waals surface area contributed by atoms with Gasteiger partial charge in [-0.1, -0.05) is 30.3 Å². The largest absolute Gasteiger partial charge is 0.389 e. The molecule has 0 bridgehead atoms. The summed E-state index contributed by atoms with van der Waals surface area (Å²) >= 11 is 1.59. The lowest BCUT2D eigenvalue weighted by Gasteiger charge is -2.29. The van der Waals surface area contributed by atoms with Crippen LogP contribution in [0.4, 0.5) is 5.69 Å². The number of rotatable bonds is 9. The first kappa shape index (κ1) is 28.3. The molecule has 4 atom stereocenters. The van der Waals surface area contributed by atoms with Gasteiger partial charge in [0.25, 0.3) is 11.8 Å². The maximum atomic E-state index is 13.8. The van der Waals surface area contributed by atoms with E-state index in [1.165, 1.54) is 0 Å². The molecule has 0 radical (unpaired) electrons. The number of likely N-dealkylation sites (tertiary alicyclic amines) is 1. The quantitative estimate of drug-likeness (QED) is 0.366. The van der Waals surface area contributed by atoms with Gasteiger partial charge in [0.2, 0.25) is 0 Å². The predicted molar refractivity (Wildman–Crippen MR) is 159 cm³/mol. The summed E-state index contributed by atoms with van der Waals surface area (Å²) in [5, 5.41) is 20.8. The maximum absolute atomic E-state index is 13.8. The Kier molecular flexibility index (Phi) is 8.83. The van der Waals surface area contributed by atoms with E-state index in [1.54, 1.807) is 23.5 Å². The highest BCUT2D eigenvalue weighted by Crippen LogP contribution is 2.35. The number of hydrogen-bond acceptors (Lipinski definition) is 7. The number of aliphatic hydroxyl groups is 1. The number of thiazole rings is 1. The molecule has 1 aromatic heterocycles. The highest BCUT2D eigenvalue weighted by molar-refractivity contribution is 7.09. The first-order chi connectivity index (χ1) is 19.3. The summed E-state index contributed by atoms with van der Waals surface area (Å²) in [5.41, 5.74) is 3.66. The standard InChI is InChI=1S/C31H39N5O3S/c1-20-19-40-30(33-20)27-12-8-14-36(27)31(39)23-16-22(17-24(18-23)35(2)3)29(38)34-26(15-21-9-5-4-6-10-21)28(37)25-11-7-13-32-25/h4-6,9-10,16-19,25-28,32,37H,7-8,11-15H2,1-3H3,(H,34,38). The molecule has 0 saturated carbocycles.